The molecule has 38 heavy (non-hydrogen) atoms. The Morgan fingerprint density at radius 3 is 2.47 bits per heavy atom. The number of hydrogen-bond donors (Lipinski definition) is 2. The highest BCUT2D eigenvalue weighted by atomic mass is 19.1. The van der Waals surface area contributed by atoms with Crippen LogP contribution in [0.15, 0.2) is 41.1 Å². The summed E-state index contributed by atoms with van der Waals surface area (Å²) in [6, 6.07) is 5.49. The van der Waals surface area contributed by atoms with Gasteiger partial charge in [0.05, 0.1) is 34.3 Å². The fourth-order valence-electron chi connectivity index (χ4n) is 6.48. The van der Waals surface area contributed by atoms with Crippen LogP contribution in [0, 0.1) is 17.0 Å². The van der Waals surface area contributed by atoms with E-state index in [1.54, 1.807) is 26.1 Å². The number of aliphatic hydroxyl groups excluding tert-OH is 1. The van der Waals surface area contributed by atoms with Crippen LogP contribution in [0.2, 0.25) is 0 Å². The highest BCUT2D eigenvalue weighted by molar-refractivity contribution is 5.64. The Labute approximate surface area is 217 Å². The van der Waals surface area contributed by atoms with Crippen LogP contribution in [-0.4, -0.2) is 35.4 Å². The molecule has 2 N–H and O–H groups in total. The molecule has 4 aromatic rings. The zero-order valence-corrected chi connectivity index (χ0v) is 21.5. The third-order valence-corrected chi connectivity index (χ3v) is 8.31. The number of aliphatic hydroxyl groups is 2. The number of fused-ring (bicyclic) bond motifs is 5. The summed E-state index contributed by atoms with van der Waals surface area (Å²) in [5.74, 6) is -0.998. The minimum atomic E-state index is -1.32. The Kier molecular flexibility index (Phi) is 5.32. The Balaban J connectivity index is 1.49. The van der Waals surface area contributed by atoms with E-state index in [9.17, 15) is 19.0 Å². The van der Waals surface area contributed by atoms with Gasteiger partial charge in [0, 0.05) is 6.20 Å². The van der Waals surface area contributed by atoms with Crippen molar-refractivity contribution in [2.24, 2.45) is 5.41 Å². The largest absolute Gasteiger partial charge is 0.437 e. The molecule has 3 heterocycles. The van der Waals surface area contributed by atoms with Crippen LogP contribution in [-0.2, 0) is 17.6 Å². The van der Waals surface area contributed by atoms with Crippen molar-refractivity contribution < 1.29 is 23.4 Å². The summed E-state index contributed by atoms with van der Waals surface area (Å²) >= 11 is 0. The Morgan fingerprint density at radius 2 is 1.82 bits per heavy atom. The van der Waals surface area contributed by atoms with Crippen molar-refractivity contribution in [2.75, 3.05) is 0 Å². The first-order valence-corrected chi connectivity index (χ1v) is 12.5. The van der Waals surface area contributed by atoms with Crippen LogP contribution >= 0.6 is 0 Å². The molecule has 2 atom stereocenters. The average molecular weight is 520 g/mol. The lowest BCUT2D eigenvalue weighted by molar-refractivity contribution is 0.0699. The molecule has 2 aliphatic carbocycles. The van der Waals surface area contributed by atoms with Crippen LogP contribution < -0.4 is 0 Å². The maximum Gasteiger partial charge on any atom is 0.247 e. The number of hydrogen-bond acceptors (Lipinski definition) is 8. The van der Waals surface area contributed by atoms with Crippen molar-refractivity contribution in [3.63, 3.8) is 0 Å². The van der Waals surface area contributed by atoms with Gasteiger partial charge in [0.2, 0.25) is 5.89 Å². The first-order chi connectivity index (χ1) is 18.0. The first-order valence-electron chi connectivity index (χ1n) is 12.5. The summed E-state index contributed by atoms with van der Waals surface area (Å²) in [6.07, 6.45) is 4.81. The quantitative estimate of drug-likeness (QED) is 0.387. The smallest absolute Gasteiger partial charge is 0.247 e. The van der Waals surface area contributed by atoms with Gasteiger partial charge in [-0.3, -0.25) is 4.98 Å². The lowest BCUT2D eigenvalue weighted by Crippen LogP contribution is -2.38. The molecule has 3 aromatic heterocycles. The lowest BCUT2D eigenvalue weighted by Gasteiger charge is -2.37. The van der Waals surface area contributed by atoms with E-state index < -0.39 is 29.3 Å². The molecule has 1 aromatic carbocycles. The van der Waals surface area contributed by atoms with E-state index in [1.807, 2.05) is 0 Å². The summed E-state index contributed by atoms with van der Waals surface area (Å²) in [4.78, 5) is 13.7. The number of aromatic nitrogens is 5. The molecule has 2 bridgehead atoms. The maximum absolute atomic E-state index is 14.5. The molecule has 1 fully saturated rings. The normalized spacial score (nSPS) is 21.6. The van der Waals surface area contributed by atoms with Gasteiger partial charge in [-0.2, -0.15) is 5.10 Å². The minimum absolute atomic E-state index is 0.0801. The van der Waals surface area contributed by atoms with E-state index in [2.05, 4.69) is 34.0 Å². The molecule has 2 aliphatic rings. The fourth-order valence-corrected chi connectivity index (χ4v) is 6.48. The molecule has 0 unspecified atom stereocenters. The number of halogens is 2. The Hall–Kier alpha value is -3.63. The molecule has 0 spiro atoms. The van der Waals surface area contributed by atoms with Crippen molar-refractivity contribution in [1.82, 2.24) is 25.1 Å². The average Bonchev–Trinajstić information content (AvgIpc) is 3.49. The molecule has 8 nitrogen and oxygen atoms in total. The number of benzene rings is 1. The summed E-state index contributed by atoms with van der Waals surface area (Å²) < 4.78 is 34.8. The second-order valence-corrected chi connectivity index (χ2v) is 11.1. The van der Waals surface area contributed by atoms with Gasteiger partial charge in [-0.1, -0.05) is 19.9 Å². The molecule has 0 radical (unpaired) electrons. The van der Waals surface area contributed by atoms with Gasteiger partial charge in [-0.15, -0.1) is 5.10 Å². The third kappa shape index (κ3) is 3.29. The van der Waals surface area contributed by atoms with Gasteiger partial charge in [0.1, 0.15) is 35.2 Å². The van der Waals surface area contributed by atoms with Crippen molar-refractivity contribution >= 4 is 0 Å². The van der Waals surface area contributed by atoms with Crippen molar-refractivity contribution in [2.45, 2.75) is 64.1 Å². The fraction of sp³-hybridized carbons (Fsp3) is 0.393. The second kappa shape index (κ2) is 8.18. The van der Waals surface area contributed by atoms with E-state index in [1.165, 1.54) is 24.4 Å². The molecule has 0 aliphatic heterocycles. The highest BCUT2D eigenvalue weighted by Gasteiger charge is 2.65. The summed E-state index contributed by atoms with van der Waals surface area (Å²) in [5, 5.41) is 29.0. The summed E-state index contributed by atoms with van der Waals surface area (Å²) in [7, 11) is 0. The molecular weight excluding hydrogens is 492 g/mol. The second-order valence-electron chi connectivity index (χ2n) is 11.1. The molecule has 6 rings (SSSR count). The van der Waals surface area contributed by atoms with Gasteiger partial charge in [-0.25, -0.2) is 18.7 Å². The van der Waals surface area contributed by atoms with E-state index in [4.69, 9.17) is 9.40 Å². The monoisotopic (exact) mass is 519 g/mol. The minimum Gasteiger partial charge on any atom is -0.437 e. The van der Waals surface area contributed by atoms with E-state index >= 15 is 0 Å². The maximum atomic E-state index is 14.5. The molecule has 196 valence electrons. The van der Waals surface area contributed by atoms with E-state index in [-0.39, 0.29) is 39.9 Å². The first kappa shape index (κ1) is 24.7. The standard InChI is InChI=1S/C28H27F2N5O3/c1-26(2)15-8-9-28(26,23-14(15)10-18(34-35-23)22-16(29)6-5-7-17(22)30)21-12-31-11-19(32-21)25-33-24(27(3,4)37)20(13-36)38-25/h5-7,10-12,15,36-37H,8-9,13H2,1-4H3/t15-,28-/m0/s1. The van der Waals surface area contributed by atoms with Gasteiger partial charge < -0.3 is 14.6 Å². The predicted octanol–water partition coefficient (Wildman–Crippen LogP) is 4.79. The van der Waals surface area contributed by atoms with Crippen LogP contribution in [0.5, 0.6) is 0 Å². The van der Waals surface area contributed by atoms with Crippen LogP contribution in [0.3, 0.4) is 0 Å². The van der Waals surface area contributed by atoms with Crippen molar-refractivity contribution in [3.05, 3.63) is 76.7 Å². The molecule has 1 saturated carbocycles. The SMILES string of the molecule is CC(C)(O)c1nc(-c2cncc([C@@]34CC[C@@H](c5cc(-c6c(F)cccc6F)nnc53)C4(C)C)n2)oc1CO. The topological polar surface area (TPSA) is 118 Å². The summed E-state index contributed by atoms with van der Waals surface area (Å²) in [5.41, 5.74) is 0.553. The Bertz CT molecular complexity index is 1560. The van der Waals surface area contributed by atoms with Gasteiger partial charge >= 0.3 is 0 Å². The van der Waals surface area contributed by atoms with E-state index in [0.29, 0.717) is 11.4 Å². The van der Waals surface area contributed by atoms with Gasteiger partial charge in [0.15, 0.2) is 5.76 Å². The molecule has 0 saturated heterocycles. The van der Waals surface area contributed by atoms with Crippen LogP contribution in [0.25, 0.3) is 22.8 Å². The summed E-state index contributed by atoms with van der Waals surface area (Å²) in [6.45, 7) is 6.99. The number of oxazole rings is 1. The third-order valence-electron chi connectivity index (χ3n) is 8.31. The van der Waals surface area contributed by atoms with Crippen LogP contribution in [0.1, 0.15) is 74.9 Å². The molecule has 10 heteroatoms. The van der Waals surface area contributed by atoms with Gasteiger partial charge in [0.25, 0.3) is 0 Å². The number of rotatable bonds is 5. The zero-order valence-electron chi connectivity index (χ0n) is 21.5. The molecule has 0 amide bonds. The highest BCUT2D eigenvalue weighted by Crippen LogP contribution is 2.69. The molecular formula is C28H27F2N5O3. The predicted molar refractivity (Wildman–Crippen MR) is 133 cm³/mol. The van der Waals surface area contributed by atoms with Crippen LogP contribution in [0.4, 0.5) is 8.78 Å². The van der Waals surface area contributed by atoms with Crippen molar-refractivity contribution in [3.8, 4) is 22.8 Å². The van der Waals surface area contributed by atoms with Crippen molar-refractivity contribution in [1.29, 1.82) is 0 Å². The Morgan fingerprint density at radius 1 is 1.08 bits per heavy atom. The van der Waals surface area contributed by atoms with Gasteiger partial charge in [-0.05, 0) is 61.8 Å². The lowest BCUT2D eigenvalue weighted by atomic mass is 9.66. The van der Waals surface area contributed by atoms with E-state index in [0.717, 1.165) is 24.1 Å². The number of nitrogens with zero attached hydrogens (tertiary/aromatic N) is 5. The zero-order chi connectivity index (χ0) is 27.0.